The first-order valence-electron chi connectivity index (χ1n) is 7.82. The lowest BCUT2D eigenvalue weighted by Crippen LogP contribution is -2.23. The summed E-state index contributed by atoms with van der Waals surface area (Å²) < 4.78 is 43.9. The van der Waals surface area contributed by atoms with Crippen LogP contribution in [0.5, 0.6) is 11.5 Å². The summed E-state index contributed by atoms with van der Waals surface area (Å²) in [6.07, 6.45) is -3.02. The Kier molecular flexibility index (Phi) is 5.25. The molecule has 0 aliphatic heterocycles. The molecule has 2 aromatic heterocycles. The quantitative estimate of drug-likeness (QED) is 0.455. The van der Waals surface area contributed by atoms with E-state index in [1.54, 1.807) is 13.0 Å². The van der Waals surface area contributed by atoms with Gasteiger partial charge in [0.1, 0.15) is 0 Å². The average Bonchev–Trinajstić information content (AvgIpc) is 2.66. The summed E-state index contributed by atoms with van der Waals surface area (Å²) in [5.74, 6) is -0.612. The van der Waals surface area contributed by atoms with Crippen molar-refractivity contribution < 1.29 is 22.8 Å². The fraction of sp³-hybridized carbons (Fsp3) is 0.118. The summed E-state index contributed by atoms with van der Waals surface area (Å²) in [7, 11) is 0. The Morgan fingerprint density at radius 2 is 1.90 bits per heavy atom. The minimum absolute atomic E-state index is 0.158. The topological polar surface area (TPSA) is 100 Å². The number of aromatic nitrogens is 3. The van der Waals surface area contributed by atoms with Crippen molar-refractivity contribution in [2.45, 2.75) is 13.1 Å². The molecule has 0 saturated carbocycles. The van der Waals surface area contributed by atoms with Crippen molar-refractivity contribution >= 4 is 17.3 Å². The molecule has 0 bridgehead atoms. The number of aryl methyl sites for hydroxylation is 1. The van der Waals surface area contributed by atoms with Gasteiger partial charge in [0.25, 0.3) is 5.56 Å². The molecule has 0 N–H and O–H groups in total. The van der Waals surface area contributed by atoms with Crippen LogP contribution in [0.3, 0.4) is 0 Å². The van der Waals surface area contributed by atoms with E-state index in [9.17, 15) is 28.1 Å². The van der Waals surface area contributed by atoms with Crippen LogP contribution in [-0.4, -0.2) is 19.7 Å². The molecule has 0 spiro atoms. The molecule has 0 aliphatic carbocycles. The predicted octanol–water partition coefficient (Wildman–Crippen LogP) is 4.31. The monoisotopic (exact) mass is 426 g/mol. The van der Waals surface area contributed by atoms with Gasteiger partial charge in [-0.3, -0.25) is 14.9 Å². The molecule has 3 aromatic rings. The van der Waals surface area contributed by atoms with Crippen molar-refractivity contribution in [3.63, 3.8) is 0 Å². The van der Waals surface area contributed by atoms with E-state index in [0.717, 1.165) is 18.3 Å². The van der Waals surface area contributed by atoms with Gasteiger partial charge < -0.3 is 4.74 Å². The summed E-state index contributed by atoms with van der Waals surface area (Å²) in [5, 5.41) is 14.5. The van der Waals surface area contributed by atoms with Crippen molar-refractivity contribution in [3.05, 3.63) is 79.3 Å². The molecule has 1 aromatic carbocycles. The predicted molar refractivity (Wildman–Crippen MR) is 95.5 cm³/mol. The maximum absolute atomic E-state index is 12.6. The third kappa shape index (κ3) is 4.19. The fourth-order valence-corrected chi connectivity index (χ4v) is 2.47. The molecule has 3 rings (SSSR count). The summed E-state index contributed by atoms with van der Waals surface area (Å²) in [6.45, 7) is 1.66. The lowest BCUT2D eigenvalue weighted by Gasteiger charge is -2.10. The highest BCUT2D eigenvalue weighted by atomic mass is 35.5. The lowest BCUT2D eigenvalue weighted by molar-refractivity contribution is -0.385. The van der Waals surface area contributed by atoms with Crippen molar-refractivity contribution in [1.29, 1.82) is 0 Å². The third-order valence-electron chi connectivity index (χ3n) is 3.71. The number of pyridine rings is 1. The van der Waals surface area contributed by atoms with Gasteiger partial charge in [0.15, 0.2) is 16.6 Å². The maximum Gasteiger partial charge on any atom is 0.417 e. The molecular formula is C17H10ClF3N4O4. The van der Waals surface area contributed by atoms with Crippen LogP contribution in [0.1, 0.15) is 11.1 Å². The number of nitro groups is 1. The van der Waals surface area contributed by atoms with Crippen molar-refractivity contribution in [2.75, 3.05) is 0 Å². The van der Waals surface area contributed by atoms with Gasteiger partial charge >= 0.3 is 11.9 Å². The molecular weight excluding hydrogens is 417 g/mol. The van der Waals surface area contributed by atoms with E-state index in [-0.39, 0.29) is 23.0 Å². The summed E-state index contributed by atoms with van der Waals surface area (Å²) in [4.78, 5) is 26.5. The van der Waals surface area contributed by atoms with E-state index in [2.05, 4.69) is 10.1 Å². The van der Waals surface area contributed by atoms with E-state index >= 15 is 0 Å². The zero-order valence-electron chi connectivity index (χ0n) is 14.5. The molecule has 12 heteroatoms. The number of ether oxygens (including phenoxy) is 1. The van der Waals surface area contributed by atoms with Crippen molar-refractivity contribution in [2.24, 2.45) is 0 Å². The fourth-order valence-electron chi connectivity index (χ4n) is 2.31. The van der Waals surface area contributed by atoms with E-state index in [4.69, 9.17) is 16.3 Å². The Morgan fingerprint density at radius 1 is 1.17 bits per heavy atom. The lowest BCUT2D eigenvalue weighted by atomic mass is 10.2. The minimum Gasteiger partial charge on any atom is -0.447 e. The highest BCUT2D eigenvalue weighted by Crippen LogP contribution is 2.34. The van der Waals surface area contributed by atoms with Gasteiger partial charge in [0, 0.05) is 12.3 Å². The molecule has 0 saturated heterocycles. The van der Waals surface area contributed by atoms with Crippen LogP contribution in [0.2, 0.25) is 5.02 Å². The van der Waals surface area contributed by atoms with Gasteiger partial charge in [0.05, 0.1) is 16.7 Å². The van der Waals surface area contributed by atoms with E-state index in [1.807, 2.05) is 0 Å². The summed E-state index contributed by atoms with van der Waals surface area (Å²) in [6, 6.07) is 5.89. The first-order valence-corrected chi connectivity index (χ1v) is 8.20. The van der Waals surface area contributed by atoms with E-state index < -0.39 is 27.2 Å². The molecule has 0 amide bonds. The number of nitrogens with zero attached hydrogens (tertiary/aromatic N) is 4. The second-order valence-electron chi connectivity index (χ2n) is 5.77. The second kappa shape index (κ2) is 7.51. The van der Waals surface area contributed by atoms with Crippen LogP contribution < -0.4 is 10.3 Å². The van der Waals surface area contributed by atoms with Crippen LogP contribution in [0.4, 0.5) is 18.9 Å². The molecule has 0 atom stereocenters. The Balaban J connectivity index is 1.97. The number of halogens is 4. The maximum atomic E-state index is 12.6. The molecule has 8 nitrogen and oxygen atoms in total. The van der Waals surface area contributed by atoms with Gasteiger partial charge in [-0.25, -0.2) is 4.98 Å². The average molecular weight is 427 g/mol. The second-order valence-corrected chi connectivity index (χ2v) is 6.15. The van der Waals surface area contributed by atoms with E-state index in [1.165, 1.54) is 12.1 Å². The number of alkyl halides is 3. The van der Waals surface area contributed by atoms with E-state index in [0.29, 0.717) is 16.4 Å². The normalized spacial score (nSPS) is 11.3. The highest BCUT2D eigenvalue weighted by molar-refractivity contribution is 6.31. The van der Waals surface area contributed by atoms with Gasteiger partial charge in [-0.05, 0) is 30.7 Å². The molecule has 0 unspecified atom stereocenters. The molecule has 0 aliphatic rings. The zero-order chi connectivity index (χ0) is 21.3. The standard InChI is InChI=1S/C17H10ClF3N4O4/c1-9-2-4-12(11(6-9)25(27)28)29-13-8-23-24(16(26)15(13)18)14-5-3-10(7-22-14)17(19,20)21/h2-8H,1H3. The smallest absolute Gasteiger partial charge is 0.417 e. The Labute approximate surface area is 165 Å². The van der Waals surface area contributed by atoms with Crippen LogP contribution in [0, 0.1) is 17.0 Å². The third-order valence-corrected chi connectivity index (χ3v) is 4.06. The number of nitro benzene ring substituents is 1. The molecule has 0 radical (unpaired) electrons. The Hall–Kier alpha value is -3.47. The van der Waals surface area contributed by atoms with Crippen LogP contribution >= 0.6 is 11.6 Å². The van der Waals surface area contributed by atoms with Crippen molar-refractivity contribution in [1.82, 2.24) is 14.8 Å². The number of hydrogen-bond acceptors (Lipinski definition) is 6. The molecule has 2 heterocycles. The van der Waals surface area contributed by atoms with Crippen LogP contribution in [0.25, 0.3) is 5.82 Å². The van der Waals surface area contributed by atoms with Crippen LogP contribution in [-0.2, 0) is 6.18 Å². The Morgan fingerprint density at radius 3 is 2.48 bits per heavy atom. The van der Waals surface area contributed by atoms with Gasteiger partial charge in [-0.2, -0.15) is 23.0 Å². The molecule has 29 heavy (non-hydrogen) atoms. The van der Waals surface area contributed by atoms with Gasteiger partial charge in [-0.15, -0.1) is 0 Å². The number of hydrogen-bond donors (Lipinski definition) is 0. The van der Waals surface area contributed by atoms with Crippen molar-refractivity contribution in [3.8, 4) is 17.3 Å². The molecule has 150 valence electrons. The minimum atomic E-state index is -4.58. The summed E-state index contributed by atoms with van der Waals surface area (Å²) >= 11 is 5.99. The molecule has 0 fully saturated rings. The number of benzene rings is 1. The Bertz CT molecular complexity index is 1150. The zero-order valence-corrected chi connectivity index (χ0v) is 15.2. The largest absolute Gasteiger partial charge is 0.447 e. The van der Waals surface area contributed by atoms with Gasteiger partial charge in [0.2, 0.25) is 5.75 Å². The first-order chi connectivity index (χ1) is 13.6. The van der Waals surface area contributed by atoms with Crippen LogP contribution in [0.15, 0.2) is 47.5 Å². The highest BCUT2D eigenvalue weighted by Gasteiger charge is 2.31. The first kappa shape index (κ1) is 20.3. The number of rotatable bonds is 4. The summed E-state index contributed by atoms with van der Waals surface area (Å²) in [5.41, 5.74) is -1.63. The SMILES string of the molecule is Cc1ccc(Oc2cnn(-c3ccc(C(F)(F)F)cn3)c(=O)c2Cl)c([N+](=O)[O-])c1. The van der Waals surface area contributed by atoms with Gasteiger partial charge in [-0.1, -0.05) is 17.7 Å².